The molecule has 0 saturated heterocycles. The summed E-state index contributed by atoms with van der Waals surface area (Å²) in [4.78, 5) is 18.9. The maximum atomic E-state index is 14.2. The minimum Gasteiger partial charge on any atom is -0.369 e. The third-order valence-electron chi connectivity index (χ3n) is 7.85. The molecule has 2 fully saturated rings. The van der Waals surface area contributed by atoms with Crippen LogP contribution in [0.3, 0.4) is 0 Å². The number of imidazole rings is 1. The molecule has 2 atom stereocenters. The van der Waals surface area contributed by atoms with E-state index in [4.69, 9.17) is 9.72 Å². The first-order valence-corrected chi connectivity index (χ1v) is 13.2. The van der Waals surface area contributed by atoms with Gasteiger partial charge in [-0.2, -0.15) is 0 Å². The van der Waals surface area contributed by atoms with E-state index in [1.54, 1.807) is 13.2 Å². The molecule has 5 rings (SSSR count). The first kappa shape index (κ1) is 24.0. The lowest BCUT2D eigenvalue weighted by molar-refractivity contribution is -0.127. The minimum absolute atomic E-state index is 0.0663. The van der Waals surface area contributed by atoms with Crippen LogP contribution in [0.4, 0.5) is 4.39 Å². The molecule has 2 aliphatic rings. The Morgan fingerprint density at radius 3 is 2.37 bits per heavy atom. The summed E-state index contributed by atoms with van der Waals surface area (Å²) in [6, 6.07) is 14.5. The summed E-state index contributed by atoms with van der Waals surface area (Å²) >= 11 is 0. The lowest BCUT2D eigenvalue weighted by atomic mass is 9.82. The van der Waals surface area contributed by atoms with E-state index in [9.17, 15) is 9.18 Å². The second-order valence-corrected chi connectivity index (χ2v) is 10.2. The molecule has 0 bridgehead atoms. The van der Waals surface area contributed by atoms with Crippen molar-refractivity contribution in [2.75, 3.05) is 7.11 Å². The first-order valence-electron chi connectivity index (χ1n) is 13.2. The number of methoxy groups -OCH3 is 1. The van der Waals surface area contributed by atoms with E-state index in [2.05, 4.69) is 9.88 Å². The Kier molecular flexibility index (Phi) is 7.47. The van der Waals surface area contributed by atoms with Crippen LogP contribution in [-0.4, -0.2) is 28.6 Å². The zero-order chi connectivity index (χ0) is 24.2. The summed E-state index contributed by atoms with van der Waals surface area (Å²) in [6.07, 6.45) is 10.7. The molecule has 35 heavy (non-hydrogen) atoms. The molecule has 0 aliphatic heterocycles. The van der Waals surface area contributed by atoms with Gasteiger partial charge >= 0.3 is 0 Å². The van der Waals surface area contributed by atoms with Gasteiger partial charge in [0.1, 0.15) is 23.8 Å². The van der Waals surface area contributed by atoms with Gasteiger partial charge in [-0.1, -0.05) is 68.9 Å². The second kappa shape index (κ2) is 10.9. The van der Waals surface area contributed by atoms with E-state index in [1.807, 2.05) is 30.3 Å². The number of hydrogen-bond acceptors (Lipinski definition) is 3. The van der Waals surface area contributed by atoms with Crippen LogP contribution in [0.15, 0.2) is 48.5 Å². The Hall–Kier alpha value is -2.73. The molecule has 5 nitrogen and oxygen atoms in total. The smallest absolute Gasteiger partial charge is 0.243 e. The monoisotopic (exact) mass is 477 g/mol. The number of hydrogen-bond donors (Lipinski definition) is 1. The fourth-order valence-corrected chi connectivity index (χ4v) is 6.11. The van der Waals surface area contributed by atoms with Gasteiger partial charge in [-0.05, 0) is 49.3 Å². The van der Waals surface area contributed by atoms with Crippen molar-refractivity contribution in [3.63, 3.8) is 0 Å². The van der Waals surface area contributed by atoms with Crippen molar-refractivity contribution >= 4 is 16.9 Å². The van der Waals surface area contributed by atoms with Gasteiger partial charge in [0.05, 0.1) is 11.0 Å². The summed E-state index contributed by atoms with van der Waals surface area (Å²) < 4.78 is 22.3. The maximum absolute atomic E-state index is 14.2. The van der Waals surface area contributed by atoms with Crippen molar-refractivity contribution in [3.8, 4) is 0 Å². The molecule has 2 saturated carbocycles. The van der Waals surface area contributed by atoms with Gasteiger partial charge in [0, 0.05) is 19.2 Å². The van der Waals surface area contributed by atoms with Crippen LogP contribution < -0.4 is 5.32 Å². The number of fused-ring (bicyclic) bond motifs is 1. The molecule has 6 heteroatoms. The van der Waals surface area contributed by atoms with E-state index >= 15 is 0 Å². The SMILES string of the molecule is COC(c1ccccc1)c1nc2cc(F)ccc2n1C(C(=O)NC1CCCCC1)C1CCCCC1. The molecule has 0 radical (unpaired) electrons. The van der Waals surface area contributed by atoms with Crippen LogP contribution in [0.5, 0.6) is 0 Å². The Balaban J connectivity index is 1.63. The van der Waals surface area contributed by atoms with Gasteiger partial charge < -0.3 is 14.6 Å². The molecule has 1 heterocycles. The zero-order valence-electron chi connectivity index (χ0n) is 20.6. The minimum atomic E-state index is -0.458. The summed E-state index contributed by atoms with van der Waals surface area (Å²) in [5.41, 5.74) is 2.31. The quantitative estimate of drug-likeness (QED) is 0.424. The van der Waals surface area contributed by atoms with Crippen LogP contribution in [0, 0.1) is 11.7 Å². The number of carbonyl (C=O) groups excluding carboxylic acids is 1. The zero-order valence-corrected chi connectivity index (χ0v) is 20.6. The third kappa shape index (κ3) is 5.13. The normalized spacial score (nSPS) is 19.5. The van der Waals surface area contributed by atoms with Crippen LogP contribution in [0.25, 0.3) is 11.0 Å². The van der Waals surface area contributed by atoms with Crippen molar-refractivity contribution in [3.05, 3.63) is 65.7 Å². The van der Waals surface area contributed by atoms with E-state index < -0.39 is 12.1 Å². The number of halogens is 1. The predicted octanol–water partition coefficient (Wildman–Crippen LogP) is 6.48. The van der Waals surface area contributed by atoms with Gasteiger partial charge in [-0.25, -0.2) is 9.37 Å². The molecular weight excluding hydrogens is 441 g/mol. The maximum Gasteiger partial charge on any atom is 0.243 e. The largest absolute Gasteiger partial charge is 0.369 e. The van der Waals surface area contributed by atoms with Crippen LogP contribution in [0.1, 0.15) is 87.7 Å². The highest BCUT2D eigenvalue weighted by molar-refractivity contribution is 5.85. The second-order valence-electron chi connectivity index (χ2n) is 10.2. The highest BCUT2D eigenvalue weighted by Crippen LogP contribution is 2.39. The molecule has 3 aromatic rings. The van der Waals surface area contributed by atoms with Crippen molar-refractivity contribution < 1.29 is 13.9 Å². The molecule has 1 aromatic heterocycles. The van der Waals surface area contributed by atoms with Crippen molar-refractivity contribution in [1.82, 2.24) is 14.9 Å². The number of aromatic nitrogens is 2. The van der Waals surface area contributed by atoms with E-state index in [1.165, 1.54) is 25.0 Å². The molecule has 2 aromatic carbocycles. The highest BCUT2D eigenvalue weighted by Gasteiger charge is 2.37. The fraction of sp³-hybridized carbons (Fsp3) is 0.517. The highest BCUT2D eigenvalue weighted by atomic mass is 19.1. The lowest BCUT2D eigenvalue weighted by Crippen LogP contribution is -2.44. The van der Waals surface area contributed by atoms with Crippen LogP contribution in [-0.2, 0) is 9.53 Å². The number of carbonyl (C=O) groups is 1. The van der Waals surface area contributed by atoms with E-state index in [-0.39, 0.29) is 23.7 Å². The first-order chi connectivity index (χ1) is 17.2. The Morgan fingerprint density at radius 2 is 1.69 bits per heavy atom. The molecule has 2 aliphatic carbocycles. The molecule has 186 valence electrons. The summed E-state index contributed by atoms with van der Waals surface area (Å²) in [5, 5.41) is 3.40. The number of nitrogens with zero attached hydrogens (tertiary/aromatic N) is 2. The summed E-state index contributed by atoms with van der Waals surface area (Å²) in [7, 11) is 1.67. The predicted molar refractivity (Wildman–Crippen MR) is 136 cm³/mol. The number of nitrogens with one attached hydrogen (secondary N) is 1. The van der Waals surface area contributed by atoms with Crippen LogP contribution in [0.2, 0.25) is 0 Å². The van der Waals surface area contributed by atoms with Gasteiger partial charge in [0.25, 0.3) is 0 Å². The molecule has 1 N–H and O–H groups in total. The van der Waals surface area contributed by atoms with E-state index in [0.29, 0.717) is 11.3 Å². The third-order valence-corrected chi connectivity index (χ3v) is 7.85. The number of benzene rings is 2. The number of amides is 1. The molecule has 2 unspecified atom stereocenters. The van der Waals surface area contributed by atoms with Gasteiger partial charge in [-0.3, -0.25) is 4.79 Å². The molecule has 0 spiro atoms. The summed E-state index contributed by atoms with van der Waals surface area (Å²) in [5.74, 6) is 0.607. The van der Waals surface area contributed by atoms with Gasteiger partial charge in [0.15, 0.2) is 0 Å². The lowest BCUT2D eigenvalue weighted by Gasteiger charge is -2.34. The topological polar surface area (TPSA) is 56.2 Å². The number of rotatable bonds is 7. The van der Waals surface area contributed by atoms with Crippen molar-refractivity contribution in [2.45, 2.75) is 82.4 Å². The molecular formula is C29H36FN3O2. The average molecular weight is 478 g/mol. The van der Waals surface area contributed by atoms with E-state index in [0.717, 1.165) is 62.4 Å². The van der Waals surface area contributed by atoms with Gasteiger partial charge in [-0.15, -0.1) is 0 Å². The Labute approximate surface area is 207 Å². The van der Waals surface area contributed by atoms with Crippen LogP contribution >= 0.6 is 0 Å². The standard InChI is InChI=1S/C29H36FN3O2/c1-35-27(21-13-7-3-8-14-21)28-32-24-19-22(30)17-18-25(24)33(28)26(20-11-5-2-6-12-20)29(34)31-23-15-9-4-10-16-23/h3,7-8,13-14,17-20,23,26-27H,2,4-6,9-12,15-16H2,1H3,(H,31,34). The number of ether oxygens (including phenoxy) is 1. The Bertz CT molecular complexity index is 1130. The fourth-order valence-electron chi connectivity index (χ4n) is 6.11. The molecule has 1 amide bonds. The Morgan fingerprint density at radius 1 is 1.00 bits per heavy atom. The van der Waals surface area contributed by atoms with Gasteiger partial charge in [0.2, 0.25) is 5.91 Å². The van der Waals surface area contributed by atoms with Crippen molar-refractivity contribution in [2.24, 2.45) is 5.92 Å². The van der Waals surface area contributed by atoms with Crippen molar-refractivity contribution in [1.29, 1.82) is 0 Å². The summed E-state index contributed by atoms with van der Waals surface area (Å²) in [6.45, 7) is 0. The average Bonchev–Trinajstić information content (AvgIpc) is 3.24.